The summed E-state index contributed by atoms with van der Waals surface area (Å²) in [5, 5.41) is 9.12. The van der Waals surface area contributed by atoms with Gasteiger partial charge in [-0.2, -0.15) is 0 Å². The minimum atomic E-state index is -0.904. The van der Waals surface area contributed by atoms with Crippen molar-refractivity contribution < 1.29 is 9.90 Å². The highest BCUT2D eigenvalue weighted by atomic mass is 16.4. The van der Waals surface area contributed by atoms with E-state index in [9.17, 15) is 4.79 Å². The number of rotatable bonds is 3. The van der Waals surface area contributed by atoms with Gasteiger partial charge in [-0.1, -0.05) is 44.2 Å². The molecule has 0 radical (unpaired) electrons. The zero-order valence-corrected chi connectivity index (χ0v) is 13.1. The summed E-state index contributed by atoms with van der Waals surface area (Å²) in [6.45, 7) is 6.21. The Labute approximate surface area is 131 Å². The highest BCUT2D eigenvalue weighted by Gasteiger charge is 2.37. The SMILES string of the molecule is CC1CC(N2CCC(C)(c3ccccc3)C2)=CN=C1C(=O)O. The summed E-state index contributed by atoms with van der Waals surface area (Å²) in [6, 6.07) is 10.6. The van der Waals surface area contributed by atoms with Crippen LogP contribution in [0.5, 0.6) is 0 Å². The molecule has 0 spiro atoms. The molecular weight excluding hydrogens is 276 g/mol. The fraction of sp³-hybridized carbons (Fsp3) is 0.444. The molecule has 2 heterocycles. The van der Waals surface area contributed by atoms with Crippen LogP contribution in [0.25, 0.3) is 0 Å². The molecule has 1 saturated heterocycles. The van der Waals surface area contributed by atoms with Crippen molar-refractivity contribution >= 4 is 11.7 Å². The Bertz CT molecular complexity index is 636. The molecule has 2 unspecified atom stereocenters. The number of allylic oxidation sites excluding steroid dienone is 1. The molecule has 0 saturated carbocycles. The van der Waals surface area contributed by atoms with Crippen molar-refractivity contribution in [3.8, 4) is 0 Å². The first kappa shape index (κ1) is 14.8. The molecule has 2 aliphatic rings. The molecule has 0 aromatic heterocycles. The summed E-state index contributed by atoms with van der Waals surface area (Å²) in [5.74, 6) is -0.931. The number of carboxylic acid groups (broad SMARTS) is 1. The first-order chi connectivity index (χ1) is 10.5. The van der Waals surface area contributed by atoms with E-state index in [1.54, 1.807) is 6.20 Å². The van der Waals surface area contributed by atoms with E-state index in [2.05, 4.69) is 41.1 Å². The molecule has 0 bridgehead atoms. The molecule has 2 atom stereocenters. The van der Waals surface area contributed by atoms with Crippen LogP contribution in [0.15, 0.2) is 47.2 Å². The van der Waals surface area contributed by atoms with Crippen LogP contribution < -0.4 is 0 Å². The van der Waals surface area contributed by atoms with Gasteiger partial charge in [-0.05, 0) is 18.4 Å². The van der Waals surface area contributed by atoms with E-state index in [0.29, 0.717) is 0 Å². The van der Waals surface area contributed by atoms with Gasteiger partial charge in [0.05, 0.1) is 0 Å². The normalized spacial score (nSPS) is 28.3. The summed E-state index contributed by atoms with van der Waals surface area (Å²) in [6.07, 6.45) is 3.62. The second-order valence-corrected chi connectivity index (χ2v) is 6.64. The summed E-state index contributed by atoms with van der Waals surface area (Å²) in [7, 11) is 0. The summed E-state index contributed by atoms with van der Waals surface area (Å²) in [4.78, 5) is 17.6. The maximum atomic E-state index is 11.1. The monoisotopic (exact) mass is 298 g/mol. The quantitative estimate of drug-likeness (QED) is 0.933. The van der Waals surface area contributed by atoms with E-state index >= 15 is 0 Å². The molecule has 1 fully saturated rings. The fourth-order valence-electron chi connectivity index (χ4n) is 3.49. The van der Waals surface area contributed by atoms with Crippen LogP contribution in [0.2, 0.25) is 0 Å². The van der Waals surface area contributed by atoms with Gasteiger partial charge in [-0.25, -0.2) is 4.79 Å². The molecule has 4 nitrogen and oxygen atoms in total. The van der Waals surface area contributed by atoms with E-state index in [4.69, 9.17) is 5.11 Å². The molecule has 1 aromatic rings. The molecule has 2 aliphatic heterocycles. The van der Waals surface area contributed by atoms with Crippen LogP contribution in [0.4, 0.5) is 0 Å². The summed E-state index contributed by atoms with van der Waals surface area (Å²) in [5.41, 5.74) is 2.96. The number of carbonyl (C=O) groups is 1. The minimum Gasteiger partial charge on any atom is -0.477 e. The lowest BCUT2D eigenvalue weighted by atomic mass is 9.82. The Balaban J connectivity index is 1.78. The lowest BCUT2D eigenvalue weighted by molar-refractivity contribution is -0.129. The molecule has 1 aromatic carbocycles. The molecular formula is C18H22N2O2. The maximum absolute atomic E-state index is 11.1. The van der Waals surface area contributed by atoms with Crippen molar-refractivity contribution in [2.45, 2.75) is 32.1 Å². The van der Waals surface area contributed by atoms with Crippen molar-refractivity contribution in [3.63, 3.8) is 0 Å². The van der Waals surface area contributed by atoms with Crippen LogP contribution in [-0.2, 0) is 10.2 Å². The van der Waals surface area contributed by atoms with Crippen molar-refractivity contribution in [2.24, 2.45) is 10.9 Å². The van der Waals surface area contributed by atoms with Gasteiger partial charge in [0, 0.05) is 36.3 Å². The topological polar surface area (TPSA) is 52.9 Å². The standard InChI is InChI=1S/C18H22N2O2/c1-13-10-15(11-19-16(13)17(21)22)20-9-8-18(2,12-20)14-6-4-3-5-7-14/h3-7,11,13H,8-10,12H2,1-2H3,(H,21,22). The second kappa shape index (κ2) is 5.59. The number of benzene rings is 1. The third-order valence-corrected chi connectivity index (χ3v) is 4.90. The lowest BCUT2D eigenvalue weighted by Gasteiger charge is -2.29. The third kappa shape index (κ3) is 2.65. The van der Waals surface area contributed by atoms with Gasteiger partial charge in [-0.3, -0.25) is 4.99 Å². The number of hydrogen-bond acceptors (Lipinski definition) is 3. The number of carboxylic acids is 1. The van der Waals surface area contributed by atoms with E-state index < -0.39 is 5.97 Å². The first-order valence-corrected chi connectivity index (χ1v) is 7.80. The van der Waals surface area contributed by atoms with Crippen molar-refractivity contribution in [3.05, 3.63) is 47.8 Å². The van der Waals surface area contributed by atoms with Crippen LogP contribution >= 0.6 is 0 Å². The minimum absolute atomic E-state index is 0.0268. The fourth-order valence-corrected chi connectivity index (χ4v) is 3.49. The number of likely N-dealkylation sites (tertiary alicyclic amines) is 1. The first-order valence-electron chi connectivity index (χ1n) is 7.80. The van der Waals surface area contributed by atoms with E-state index in [1.165, 1.54) is 5.56 Å². The molecule has 0 amide bonds. The Morgan fingerprint density at radius 2 is 2.09 bits per heavy atom. The number of hydrogen-bond donors (Lipinski definition) is 1. The molecule has 4 heteroatoms. The van der Waals surface area contributed by atoms with Gasteiger partial charge in [0.15, 0.2) is 0 Å². The predicted octanol–water partition coefficient (Wildman–Crippen LogP) is 3.06. The van der Waals surface area contributed by atoms with Gasteiger partial charge in [0.2, 0.25) is 0 Å². The summed E-state index contributed by atoms with van der Waals surface area (Å²) >= 11 is 0. The Morgan fingerprint density at radius 3 is 2.73 bits per heavy atom. The number of aliphatic carboxylic acids is 1. The lowest BCUT2D eigenvalue weighted by Crippen LogP contribution is -2.31. The summed E-state index contributed by atoms with van der Waals surface area (Å²) < 4.78 is 0. The van der Waals surface area contributed by atoms with Gasteiger partial charge >= 0.3 is 5.97 Å². The second-order valence-electron chi connectivity index (χ2n) is 6.64. The smallest absolute Gasteiger partial charge is 0.350 e. The highest BCUT2D eigenvalue weighted by Crippen LogP contribution is 2.37. The number of aliphatic imine (C=N–C) groups is 1. The molecule has 22 heavy (non-hydrogen) atoms. The van der Waals surface area contributed by atoms with E-state index in [-0.39, 0.29) is 17.0 Å². The Morgan fingerprint density at radius 1 is 1.36 bits per heavy atom. The van der Waals surface area contributed by atoms with Gasteiger partial charge < -0.3 is 10.0 Å². The molecule has 1 N–H and O–H groups in total. The zero-order chi connectivity index (χ0) is 15.7. The number of nitrogens with zero attached hydrogens (tertiary/aromatic N) is 2. The Kier molecular flexibility index (Phi) is 3.77. The van der Waals surface area contributed by atoms with Crippen molar-refractivity contribution in [2.75, 3.05) is 13.1 Å². The van der Waals surface area contributed by atoms with Crippen molar-refractivity contribution in [1.82, 2.24) is 4.90 Å². The average Bonchev–Trinajstić information content (AvgIpc) is 2.91. The van der Waals surface area contributed by atoms with E-state index in [1.807, 2.05) is 13.0 Å². The van der Waals surface area contributed by atoms with Gasteiger partial charge in [-0.15, -0.1) is 0 Å². The predicted molar refractivity (Wildman–Crippen MR) is 86.9 cm³/mol. The largest absolute Gasteiger partial charge is 0.477 e. The third-order valence-electron chi connectivity index (χ3n) is 4.90. The van der Waals surface area contributed by atoms with Crippen LogP contribution in [0, 0.1) is 5.92 Å². The van der Waals surface area contributed by atoms with Crippen molar-refractivity contribution in [1.29, 1.82) is 0 Å². The van der Waals surface area contributed by atoms with Gasteiger partial charge in [0.25, 0.3) is 0 Å². The highest BCUT2D eigenvalue weighted by molar-refractivity contribution is 6.36. The molecule has 116 valence electrons. The molecule has 3 rings (SSSR count). The van der Waals surface area contributed by atoms with Crippen LogP contribution in [0.3, 0.4) is 0 Å². The average molecular weight is 298 g/mol. The zero-order valence-electron chi connectivity index (χ0n) is 13.1. The van der Waals surface area contributed by atoms with Gasteiger partial charge in [0.1, 0.15) is 5.71 Å². The van der Waals surface area contributed by atoms with E-state index in [0.717, 1.165) is 31.6 Å². The Hall–Kier alpha value is -2.10. The van der Waals surface area contributed by atoms with Crippen LogP contribution in [0.1, 0.15) is 32.3 Å². The maximum Gasteiger partial charge on any atom is 0.350 e. The molecule has 0 aliphatic carbocycles. The van der Waals surface area contributed by atoms with Crippen LogP contribution in [-0.4, -0.2) is 34.8 Å².